The Kier molecular flexibility index (Phi) is 12.8. The summed E-state index contributed by atoms with van der Waals surface area (Å²) in [6.45, 7) is 6.24. The van der Waals surface area contributed by atoms with Gasteiger partial charge in [0, 0.05) is 0 Å². The molecule has 1 N–H and O–H groups in total. The van der Waals surface area contributed by atoms with Crippen LogP contribution in [0.5, 0.6) is 0 Å². The van der Waals surface area contributed by atoms with E-state index in [2.05, 4.69) is 13.8 Å². The Labute approximate surface area is 99.5 Å². The van der Waals surface area contributed by atoms with Crippen LogP contribution in [0.15, 0.2) is 0 Å². The van der Waals surface area contributed by atoms with Gasteiger partial charge in [-0.25, -0.2) is 0 Å². The zero-order valence-electron chi connectivity index (χ0n) is 9.84. The number of aliphatic hydroxyl groups excluding tert-OH is 1. The van der Waals surface area contributed by atoms with Crippen molar-refractivity contribution < 1.29 is 40.8 Å². The predicted octanol–water partition coefficient (Wildman–Crippen LogP) is -0.921. The molecule has 2 atom stereocenters. The van der Waals surface area contributed by atoms with Gasteiger partial charge in [-0.3, -0.25) is 0 Å². The zero-order valence-corrected chi connectivity index (χ0v) is 10.8. The SMILES string of the molecule is CCCCC(C)OC(C)CO.[H-].[Na+]. The fourth-order valence-corrected chi connectivity index (χ4v) is 0.999. The molecule has 12 heavy (non-hydrogen) atoms. The molecule has 0 bridgehead atoms. The molecule has 0 aromatic heterocycles. The molecule has 0 spiro atoms. The Morgan fingerprint density at radius 2 is 1.92 bits per heavy atom. The number of hydrogen-bond donors (Lipinski definition) is 1. The molecule has 0 aliphatic heterocycles. The number of ether oxygens (including phenoxy) is 1. The van der Waals surface area contributed by atoms with Crippen LogP contribution < -0.4 is 29.6 Å². The average Bonchev–Trinajstić information content (AvgIpc) is 2.00. The zero-order chi connectivity index (χ0) is 8.69. The van der Waals surface area contributed by atoms with Crippen molar-refractivity contribution in [3.05, 3.63) is 0 Å². The van der Waals surface area contributed by atoms with Gasteiger partial charge in [0.25, 0.3) is 0 Å². The Balaban J connectivity index is -0.000000500. The van der Waals surface area contributed by atoms with Crippen LogP contribution in [0.25, 0.3) is 0 Å². The van der Waals surface area contributed by atoms with Gasteiger partial charge in [-0.2, -0.15) is 0 Å². The van der Waals surface area contributed by atoms with E-state index >= 15 is 0 Å². The van der Waals surface area contributed by atoms with E-state index in [0.717, 1.165) is 6.42 Å². The Morgan fingerprint density at radius 1 is 1.33 bits per heavy atom. The monoisotopic (exact) mass is 184 g/mol. The minimum Gasteiger partial charge on any atom is -1.00 e. The van der Waals surface area contributed by atoms with Gasteiger partial charge < -0.3 is 11.3 Å². The molecule has 0 saturated carbocycles. The maximum atomic E-state index is 8.68. The Morgan fingerprint density at radius 3 is 2.33 bits per heavy atom. The summed E-state index contributed by atoms with van der Waals surface area (Å²) in [7, 11) is 0. The first-order valence-corrected chi connectivity index (χ1v) is 4.47. The number of rotatable bonds is 6. The van der Waals surface area contributed by atoms with Crippen LogP contribution in [0.1, 0.15) is 41.5 Å². The molecular weight excluding hydrogens is 163 g/mol. The van der Waals surface area contributed by atoms with Gasteiger partial charge in [0.2, 0.25) is 0 Å². The van der Waals surface area contributed by atoms with E-state index in [4.69, 9.17) is 9.84 Å². The molecule has 0 aromatic rings. The molecule has 0 heterocycles. The van der Waals surface area contributed by atoms with Crippen molar-refractivity contribution in [1.29, 1.82) is 0 Å². The molecule has 0 aliphatic carbocycles. The average molecular weight is 184 g/mol. The molecule has 0 saturated heterocycles. The summed E-state index contributed by atoms with van der Waals surface area (Å²) in [6.07, 6.45) is 3.79. The Hall–Kier alpha value is 0.920. The van der Waals surface area contributed by atoms with Crippen molar-refractivity contribution in [1.82, 2.24) is 0 Å². The standard InChI is InChI=1S/C9H20O2.Na.H/c1-4-5-6-8(2)11-9(3)7-10;;/h8-10H,4-7H2,1-3H3;;/q;+1;-1. The van der Waals surface area contributed by atoms with Crippen LogP contribution in [0, 0.1) is 0 Å². The van der Waals surface area contributed by atoms with Crippen molar-refractivity contribution in [3.8, 4) is 0 Å². The van der Waals surface area contributed by atoms with Gasteiger partial charge >= 0.3 is 29.6 Å². The molecule has 0 aromatic carbocycles. The topological polar surface area (TPSA) is 29.5 Å². The first-order valence-electron chi connectivity index (χ1n) is 4.47. The summed E-state index contributed by atoms with van der Waals surface area (Å²) >= 11 is 0. The molecule has 3 heteroatoms. The van der Waals surface area contributed by atoms with Gasteiger partial charge in [-0.15, -0.1) is 0 Å². The van der Waals surface area contributed by atoms with Crippen molar-refractivity contribution in [3.63, 3.8) is 0 Å². The molecule has 0 aliphatic rings. The van der Waals surface area contributed by atoms with Gasteiger partial charge in [-0.05, 0) is 20.3 Å². The summed E-state index contributed by atoms with van der Waals surface area (Å²) in [5.74, 6) is 0. The third-order valence-electron chi connectivity index (χ3n) is 1.69. The number of unbranched alkanes of at least 4 members (excludes halogenated alkanes) is 1. The van der Waals surface area contributed by atoms with Crippen LogP contribution in [0.2, 0.25) is 0 Å². The van der Waals surface area contributed by atoms with Crippen molar-refractivity contribution >= 4 is 0 Å². The van der Waals surface area contributed by atoms with E-state index in [1.807, 2.05) is 6.92 Å². The molecule has 70 valence electrons. The summed E-state index contributed by atoms with van der Waals surface area (Å²) < 4.78 is 5.45. The van der Waals surface area contributed by atoms with Crippen molar-refractivity contribution in [2.24, 2.45) is 0 Å². The number of hydrogen-bond acceptors (Lipinski definition) is 2. The minimum atomic E-state index is -0.0122. The molecule has 0 amide bonds. The smallest absolute Gasteiger partial charge is 1.00 e. The second-order valence-corrected chi connectivity index (χ2v) is 3.08. The molecular formula is C9H21NaO2. The van der Waals surface area contributed by atoms with E-state index in [-0.39, 0.29) is 49.8 Å². The van der Waals surface area contributed by atoms with Crippen LogP contribution >= 0.6 is 0 Å². The van der Waals surface area contributed by atoms with Gasteiger partial charge in [0.1, 0.15) is 0 Å². The molecule has 0 radical (unpaired) electrons. The molecule has 0 rings (SSSR count). The summed E-state index contributed by atoms with van der Waals surface area (Å²) in [5.41, 5.74) is 0. The van der Waals surface area contributed by atoms with Crippen LogP contribution in [-0.4, -0.2) is 23.9 Å². The molecule has 2 nitrogen and oxygen atoms in total. The van der Waals surface area contributed by atoms with Gasteiger partial charge in [-0.1, -0.05) is 19.8 Å². The first kappa shape index (κ1) is 15.4. The van der Waals surface area contributed by atoms with Crippen LogP contribution in [-0.2, 0) is 4.74 Å². The molecule has 2 unspecified atom stereocenters. The number of aliphatic hydroxyl groups is 1. The van der Waals surface area contributed by atoms with E-state index in [1.54, 1.807) is 0 Å². The van der Waals surface area contributed by atoms with Crippen LogP contribution in [0.3, 0.4) is 0 Å². The maximum absolute atomic E-state index is 8.68. The quantitative estimate of drug-likeness (QED) is 0.541. The van der Waals surface area contributed by atoms with E-state index in [9.17, 15) is 0 Å². The van der Waals surface area contributed by atoms with E-state index < -0.39 is 0 Å². The summed E-state index contributed by atoms with van der Waals surface area (Å²) in [4.78, 5) is 0. The van der Waals surface area contributed by atoms with Crippen LogP contribution in [0.4, 0.5) is 0 Å². The third kappa shape index (κ3) is 9.01. The summed E-state index contributed by atoms with van der Waals surface area (Å²) in [5, 5.41) is 8.68. The van der Waals surface area contributed by atoms with Gasteiger partial charge in [0.05, 0.1) is 18.8 Å². The first-order chi connectivity index (χ1) is 5.20. The fourth-order valence-electron chi connectivity index (χ4n) is 0.999. The largest absolute Gasteiger partial charge is 1.00 e. The summed E-state index contributed by atoms with van der Waals surface area (Å²) in [6, 6.07) is 0. The third-order valence-corrected chi connectivity index (χ3v) is 1.69. The van der Waals surface area contributed by atoms with E-state index in [1.165, 1.54) is 12.8 Å². The minimum absolute atomic E-state index is 0. The Bertz CT molecular complexity index is 93.7. The molecule has 0 fully saturated rings. The second-order valence-electron chi connectivity index (χ2n) is 3.08. The van der Waals surface area contributed by atoms with Gasteiger partial charge in [0.15, 0.2) is 0 Å². The second kappa shape index (κ2) is 10.0. The van der Waals surface area contributed by atoms with Crippen molar-refractivity contribution in [2.45, 2.75) is 52.2 Å². The fraction of sp³-hybridized carbons (Fsp3) is 1.00. The van der Waals surface area contributed by atoms with E-state index in [0.29, 0.717) is 0 Å². The normalized spacial score (nSPS) is 15.0. The van der Waals surface area contributed by atoms with Crippen molar-refractivity contribution in [2.75, 3.05) is 6.61 Å². The maximum Gasteiger partial charge on any atom is 1.00 e. The predicted molar refractivity (Wildman–Crippen MR) is 47.7 cm³/mol.